The molecule has 0 radical (unpaired) electrons. The molecule has 1 saturated carbocycles. The second kappa shape index (κ2) is 6.83. The van der Waals surface area contributed by atoms with Gasteiger partial charge in [-0.15, -0.1) is 0 Å². The van der Waals surface area contributed by atoms with Crippen LogP contribution in [0.2, 0.25) is 0 Å². The maximum Gasteiger partial charge on any atom is 0.323 e. The third-order valence-corrected chi connectivity index (χ3v) is 3.01. The molecule has 0 aromatic heterocycles. The van der Waals surface area contributed by atoms with Crippen LogP contribution in [0, 0.1) is 0 Å². The van der Waals surface area contributed by atoms with E-state index in [4.69, 9.17) is 9.47 Å². The quantitative estimate of drug-likeness (QED) is 0.600. The summed E-state index contributed by atoms with van der Waals surface area (Å²) in [7, 11) is 1.62. The average molecular weight is 231 g/mol. The first-order chi connectivity index (χ1) is 7.71. The maximum atomic E-state index is 11.2. The van der Waals surface area contributed by atoms with Crippen LogP contribution in [0.4, 0.5) is 0 Å². The minimum atomic E-state index is -0.734. The highest BCUT2D eigenvalue weighted by molar-refractivity contribution is 5.79. The lowest BCUT2D eigenvalue weighted by atomic mass is 9.98. The molecule has 0 aliphatic heterocycles. The van der Waals surface area contributed by atoms with E-state index in [1.807, 2.05) is 0 Å². The normalized spacial score (nSPS) is 18.8. The summed E-state index contributed by atoms with van der Waals surface area (Å²) in [4.78, 5) is 11.2. The van der Waals surface area contributed by atoms with Gasteiger partial charge < -0.3 is 14.6 Å². The number of carboxylic acids is 1. The van der Waals surface area contributed by atoms with Crippen LogP contribution in [0.5, 0.6) is 0 Å². The predicted octanol–water partition coefficient (Wildman–Crippen LogP) is 0.636. The molecular formula is C11H21NO4. The van der Waals surface area contributed by atoms with E-state index in [0.29, 0.717) is 26.4 Å². The van der Waals surface area contributed by atoms with Crippen LogP contribution in [0.3, 0.4) is 0 Å². The summed E-state index contributed by atoms with van der Waals surface area (Å²) in [5.74, 6) is -0.734. The maximum absolute atomic E-state index is 11.2. The van der Waals surface area contributed by atoms with Gasteiger partial charge in [-0.2, -0.15) is 0 Å². The van der Waals surface area contributed by atoms with E-state index in [0.717, 1.165) is 25.7 Å². The molecule has 2 N–H and O–H groups in total. The summed E-state index contributed by atoms with van der Waals surface area (Å²) in [6.07, 6.45) is 3.43. The first kappa shape index (κ1) is 13.4. The number of rotatable bonds is 8. The van der Waals surface area contributed by atoms with Crippen molar-refractivity contribution >= 4 is 5.97 Å². The van der Waals surface area contributed by atoms with Crippen molar-refractivity contribution < 1.29 is 19.4 Å². The van der Waals surface area contributed by atoms with Crippen molar-refractivity contribution in [1.29, 1.82) is 0 Å². The van der Waals surface area contributed by atoms with Gasteiger partial charge in [0.1, 0.15) is 5.54 Å². The average Bonchev–Trinajstić information content (AvgIpc) is 2.73. The Morgan fingerprint density at radius 3 is 2.56 bits per heavy atom. The highest BCUT2D eigenvalue weighted by Gasteiger charge is 2.40. The van der Waals surface area contributed by atoms with Gasteiger partial charge >= 0.3 is 5.97 Å². The van der Waals surface area contributed by atoms with Gasteiger partial charge in [-0.05, 0) is 12.8 Å². The Bertz CT molecular complexity index is 214. The fourth-order valence-electron chi connectivity index (χ4n) is 2.05. The number of hydrogen-bond donors (Lipinski definition) is 2. The zero-order valence-electron chi connectivity index (χ0n) is 9.83. The molecule has 1 fully saturated rings. The van der Waals surface area contributed by atoms with E-state index in [1.165, 1.54) is 0 Å². The van der Waals surface area contributed by atoms with Gasteiger partial charge in [0.05, 0.1) is 19.8 Å². The van der Waals surface area contributed by atoms with Gasteiger partial charge in [0.25, 0.3) is 0 Å². The molecule has 0 atom stereocenters. The van der Waals surface area contributed by atoms with Crippen LogP contribution in [0.25, 0.3) is 0 Å². The molecule has 0 spiro atoms. The molecule has 0 amide bonds. The molecule has 94 valence electrons. The molecule has 16 heavy (non-hydrogen) atoms. The molecule has 0 aromatic carbocycles. The Balaban J connectivity index is 2.16. The molecule has 5 nitrogen and oxygen atoms in total. The van der Waals surface area contributed by atoms with Gasteiger partial charge in [0, 0.05) is 13.7 Å². The summed E-state index contributed by atoms with van der Waals surface area (Å²) in [6.45, 7) is 2.23. The number of carbonyl (C=O) groups is 1. The van der Waals surface area contributed by atoms with E-state index in [9.17, 15) is 9.90 Å². The highest BCUT2D eigenvalue weighted by Crippen LogP contribution is 2.29. The standard InChI is InChI=1S/C11H21NO4/c1-15-8-9-16-7-6-12-11(10(13)14)4-2-3-5-11/h12H,2-9H2,1H3,(H,13,14). The fraction of sp³-hybridized carbons (Fsp3) is 0.909. The van der Waals surface area contributed by atoms with E-state index in [2.05, 4.69) is 5.32 Å². The van der Waals surface area contributed by atoms with Gasteiger partial charge in [0.15, 0.2) is 0 Å². The Morgan fingerprint density at radius 1 is 1.31 bits per heavy atom. The van der Waals surface area contributed by atoms with Crippen LogP contribution >= 0.6 is 0 Å². The third kappa shape index (κ3) is 3.73. The molecule has 0 bridgehead atoms. The first-order valence-electron chi connectivity index (χ1n) is 5.76. The SMILES string of the molecule is COCCOCCNC1(C(=O)O)CCCC1. The van der Waals surface area contributed by atoms with Crippen LogP contribution in [-0.2, 0) is 14.3 Å². The number of methoxy groups -OCH3 is 1. The molecule has 0 aromatic rings. The topological polar surface area (TPSA) is 67.8 Å². The van der Waals surface area contributed by atoms with E-state index >= 15 is 0 Å². The van der Waals surface area contributed by atoms with Crippen LogP contribution < -0.4 is 5.32 Å². The molecule has 0 saturated heterocycles. The Kier molecular flexibility index (Phi) is 5.73. The van der Waals surface area contributed by atoms with Crippen molar-refractivity contribution in [1.82, 2.24) is 5.32 Å². The fourth-order valence-corrected chi connectivity index (χ4v) is 2.05. The van der Waals surface area contributed by atoms with E-state index in [-0.39, 0.29) is 0 Å². The van der Waals surface area contributed by atoms with E-state index < -0.39 is 11.5 Å². The monoisotopic (exact) mass is 231 g/mol. The van der Waals surface area contributed by atoms with Crippen LogP contribution in [0.15, 0.2) is 0 Å². The summed E-state index contributed by atoms with van der Waals surface area (Å²) in [6, 6.07) is 0. The Morgan fingerprint density at radius 2 is 2.00 bits per heavy atom. The predicted molar refractivity (Wildman–Crippen MR) is 59.5 cm³/mol. The third-order valence-electron chi connectivity index (χ3n) is 3.01. The lowest BCUT2D eigenvalue weighted by Gasteiger charge is -2.25. The van der Waals surface area contributed by atoms with Crippen molar-refractivity contribution in [2.45, 2.75) is 31.2 Å². The van der Waals surface area contributed by atoms with Gasteiger partial charge in [0.2, 0.25) is 0 Å². The zero-order chi connectivity index (χ0) is 11.9. The lowest BCUT2D eigenvalue weighted by Crippen LogP contribution is -2.50. The van der Waals surface area contributed by atoms with Crippen molar-refractivity contribution in [3.8, 4) is 0 Å². The largest absolute Gasteiger partial charge is 0.480 e. The summed E-state index contributed by atoms with van der Waals surface area (Å²) >= 11 is 0. The second-order valence-electron chi connectivity index (χ2n) is 4.13. The number of nitrogens with one attached hydrogen (secondary N) is 1. The molecule has 1 aliphatic carbocycles. The molecular weight excluding hydrogens is 210 g/mol. The molecule has 1 rings (SSSR count). The summed E-state index contributed by atoms with van der Waals surface area (Å²) in [5.41, 5.74) is -0.704. The summed E-state index contributed by atoms with van der Waals surface area (Å²) < 4.78 is 10.1. The van der Waals surface area contributed by atoms with Crippen molar-refractivity contribution in [2.24, 2.45) is 0 Å². The molecule has 0 unspecified atom stereocenters. The molecule has 1 aliphatic rings. The number of hydrogen-bond acceptors (Lipinski definition) is 4. The number of aliphatic carboxylic acids is 1. The summed E-state index contributed by atoms with van der Waals surface area (Å²) in [5, 5.41) is 12.3. The first-order valence-corrected chi connectivity index (χ1v) is 5.76. The van der Waals surface area contributed by atoms with Gasteiger partial charge in [-0.3, -0.25) is 10.1 Å². The van der Waals surface area contributed by atoms with Gasteiger partial charge in [-0.1, -0.05) is 12.8 Å². The minimum absolute atomic E-state index is 0.526. The Labute approximate surface area is 96.1 Å². The van der Waals surface area contributed by atoms with Crippen molar-refractivity contribution in [2.75, 3.05) is 33.5 Å². The minimum Gasteiger partial charge on any atom is -0.480 e. The highest BCUT2D eigenvalue weighted by atomic mass is 16.5. The molecule has 0 heterocycles. The van der Waals surface area contributed by atoms with Crippen molar-refractivity contribution in [3.05, 3.63) is 0 Å². The second-order valence-corrected chi connectivity index (χ2v) is 4.13. The van der Waals surface area contributed by atoms with Gasteiger partial charge in [-0.25, -0.2) is 0 Å². The zero-order valence-corrected chi connectivity index (χ0v) is 9.83. The van der Waals surface area contributed by atoms with Crippen LogP contribution in [0.1, 0.15) is 25.7 Å². The van der Waals surface area contributed by atoms with E-state index in [1.54, 1.807) is 7.11 Å². The Hall–Kier alpha value is -0.650. The molecule has 5 heteroatoms. The smallest absolute Gasteiger partial charge is 0.323 e. The number of ether oxygens (including phenoxy) is 2. The van der Waals surface area contributed by atoms with Crippen molar-refractivity contribution in [3.63, 3.8) is 0 Å². The lowest BCUT2D eigenvalue weighted by molar-refractivity contribution is -0.144. The number of carboxylic acid groups (broad SMARTS) is 1. The van der Waals surface area contributed by atoms with Crippen LogP contribution in [-0.4, -0.2) is 50.1 Å².